The molecule has 0 amide bonds. The molecule has 0 atom stereocenters. The van der Waals surface area contributed by atoms with Gasteiger partial charge in [0.2, 0.25) is 5.95 Å². The second kappa shape index (κ2) is 3.31. The van der Waals surface area contributed by atoms with Gasteiger partial charge in [-0.1, -0.05) is 0 Å². The Morgan fingerprint density at radius 3 is 2.62 bits per heavy atom. The van der Waals surface area contributed by atoms with Crippen LogP contribution >= 0.6 is 0 Å². The van der Waals surface area contributed by atoms with Crippen molar-refractivity contribution < 1.29 is 18.3 Å². The van der Waals surface area contributed by atoms with Gasteiger partial charge in [-0.3, -0.25) is 0 Å². The average molecular weight is 188 g/mol. The molecule has 0 aliphatic heterocycles. The first-order chi connectivity index (χ1) is 6.06. The van der Waals surface area contributed by atoms with E-state index in [2.05, 4.69) is 4.98 Å². The molecule has 0 radical (unpaired) electrons. The van der Waals surface area contributed by atoms with Crippen LogP contribution in [-0.4, -0.2) is 10.1 Å². The number of nitriles is 1. The fourth-order valence-electron chi connectivity index (χ4n) is 0.763. The summed E-state index contributed by atoms with van der Waals surface area (Å²) in [4.78, 5) is 2.76. The summed E-state index contributed by atoms with van der Waals surface area (Å²) in [5.74, 6) is -2.19. The summed E-state index contributed by atoms with van der Waals surface area (Å²) >= 11 is 0. The largest absolute Gasteiger partial charge is 0.505 e. The zero-order valence-electron chi connectivity index (χ0n) is 6.13. The van der Waals surface area contributed by atoms with E-state index in [1.54, 1.807) is 0 Å². The van der Waals surface area contributed by atoms with Gasteiger partial charge >= 0.3 is 0 Å². The Hall–Kier alpha value is -1.77. The van der Waals surface area contributed by atoms with Crippen LogP contribution in [0.3, 0.4) is 0 Å². The van der Waals surface area contributed by atoms with Gasteiger partial charge in [0.05, 0.1) is 0 Å². The summed E-state index contributed by atoms with van der Waals surface area (Å²) in [7, 11) is 0. The van der Waals surface area contributed by atoms with E-state index < -0.39 is 29.4 Å². The zero-order chi connectivity index (χ0) is 10.0. The van der Waals surface area contributed by atoms with Crippen LogP contribution in [0.2, 0.25) is 0 Å². The molecule has 1 N–H and O–H groups in total. The molecule has 0 spiro atoms. The smallest absolute Gasteiger partial charge is 0.284 e. The number of aromatic nitrogens is 1. The number of alkyl halides is 2. The van der Waals surface area contributed by atoms with E-state index in [4.69, 9.17) is 10.4 Å². The number of hydrogen-bond donors (Lipinski definition) is 1. The van der Waals surface area contributed by atoms with Crippen LogP contribution in [0.4, 0.5) is 13.2 Å². The summed E-state index contributed by atoms with van der Waals surface area (Å²) in [6.45, 7) is 0. The highest BCUT2D eigenvalue weighted by molar-refractivity contribution is 5.44. The van der Waals surface area contributed by atoms with Crippen LogP contribution in [0, 0.1) is 17.3 Å². The van der Waals surface area contributed by atoms with E-state index in [0.29, 0.717) is 6.07 Å². The lowest BCUT2D eigenvalue weighted by molar-refractivity contribution is 0.140. The second-order valence-electron chi connectivity index (χ2n) is 2.14. The maximum atomic E-state index is 12.4. The predicted octanol–water partition coefficient (Wildman–Crippen LogP) is 1.74. The van der Waals surface area contributed by atoms with Gasteiger partial charge in [0.25, 0.3) is 6.43 Å². The molecule has 13 heavy (non-hydrogen) atoms. The Kier molecular flexibility index (Phi) is 2.37. The molecule has 0 aromatic carbocycles. The quantitative estimate of drug-likeness (QED) is 0.683. The van der Waals surface area contributed by atoms with E-state index in [1.807, 2.05) is 0 Å². The maximum absolute atomic E-state index is 12.4. The summed E-state index contributed by atoms with van der Waals surface area (Å²) < 4.78 is 36.5. The van der Waals surface area contributed by atoms with E-state index in [1.165, 1.54) is 6.07 Å². The van der Waals surface area contributed by atoms with Crippen molar-refractivity contribution in [3.8, 4) is 11.8 Å². The minimum Gasteiger partial charge on any atom is -0.505 e. The average Bonchev–Trinajstić information content (AvgIpc) is 2.08. The Morgan fingerprint density at radius 1 is 1.54 bits per heavy atom. The molecule has 1 rings (SSSR count). The normalized spacial score (nSPS) is 10.1. The molecule has 0 aliphatic carbocycles. The summed E-state index contributed by atoms with van der Waals surface area (Å²) in [5.41, 5.74) is -1.67. The van der Waals surface area contributed by atoms with Crippen molar-refractivity contribution in [1.82, 2.24) is 4.98 Å². The molecule has 0 saturated carbocycles. The Balaban J connectivity index is 3.38. The third-order valence-corrected chi connectivity index (χ3v) is 1.32. The Bertz CT molecular complexity index is 373. The van der Waals surface area contributed by atoms with Gasteiger partial charge in [0, 0.05) is 6.07 Å². The molecule has 0 saturated heterocycles. The third kappa shape index (κ3) is 1.69. The third-order valence-electron chi connectivity index (χ3n) is 1.32. The van der Waals surface area contributed by atoms with Crippen LogP contribution in [-0.2, 0) is 0 Å². The van der Waals surface area contributed by atoms with Gasteiger partial charge in [-0.2, -0.15) is 9.65 Å². The van der Waals surface area contributed by atoms with Gasteiger partial charge in [-0.05, 0) is 0 Å². The van der Waals surface area contributed by atoms with Crippen LogP contribution in [0.25, 0.3) is 0 Å². The first-order valence-corrected chi connectivity index (χ1v) is 3.14. The molecular weight excluding hydrogens is 185 g/mol. The summed E-state index contributed by atoms with van der Waals surface area (Å²) in [5, 5.41) is 17.3. The minimum absolute atomic E-state index is 0.553. The second-order valence-corrected chi connectivity index (χ2v) is 2.14. The first-order valence-electron chi connectivity index (χ1n) is 3.14. The fourth-order valence-corrected chi connectivity index (χ4v) is 0.763. The number of hydrogen-bond acceptors (Lipinski definition) is 3. The van der Waals surface area contributed by atoms with Crippen molar-refractivity contribution in [3.63, 3.8) is 0 Å². The molecular formula is C7H3F3N2O. The van der Waals surface area contributed by atoms with Crippen molar-refractivity contribution in [2.45, 2.75) is 6.43 Å². The van der Waals surface area contributed by atoms with E-state index >= 15 is 0 Å². The highest BCUT2D eigenvalue weighted by Crippen LogP contribution is 2.28. The van der Waals surface area contributed by atoms with E-state index in [0.717, 1.165) is 0 Å². The van der Waals surface area contributed by atoms with Gasteiger partial charge in [-0.15, -0.1) is 0 Å². The number of aromatic hydroxyl groups is 1. The lowest BCUT2D eigenvalue weighted by atomic mass is 10.2. The van der Waals surface area contributed by atoms with Gasteiger partial charge < -0.3 is 5.11 Å². The molecule has 0 unspecified atom stereocenters. The molecule has 1 aromatic rings. The Labute approximate surface area is 71.1 Å². The molecule has 0 aliphatic rings. The summed E-state index contributed by atoms with van der Waals surface area (Å²) in [6, 6.07) is 1.95. The van der Waals surface area contributed by atoms with Crippen molar-refractivity contribution in [3.05, 3.63) is 23.3 Å². The predicted molar refractivity (Wildman–Crippen MR) is 35.5 cm³/mol. The topological polar surface area (TPSA) is 56.9 Å². The lowest BCUT2D eigenvalue weighted by Gasteiger charge is -2.02. The van der Waals surface area contributed by atoms with Gasteiger partial charge in [0.1, 0.15) is 11.6 Å². The SMILES string of the molecule is N#Cc1cc(F)nc(C(F)F)c1O. The first kappa shape index (κ1) is 9.32. The zero-order valence-corrected chi connectivity index (χ0v) is 6.13. The van der Waals surface area contributed by atoms with Gasteiger partial charge in [-0.25, -0.2) is 13.8 Å². The van der Waals surface area contributed by atoms with Crippen LogP contribution in [0.1, 0.15) is 17.7 Å². The fraction of sp³-hybridized carbons (Fsp3) is 0.143. The molecule has 3 nitrogen and oxygen atoms in total. The molecule has 0 fully saturated rings. The lowest BCUT2D eigenvalue weighted by Crippen LogP contribution is -1.96. The molecule has 0 bridgehead atoms. The minimum atomic E-state index is -3.11. The van der Waals surface area contributed by atoms with E-state index in [9.17, 15) is 13.2 Å². The van der Waals surface area contributed by atoms with Crippen molar-refractivity contribution in [2.75, 3.05) is 0 Å². The van der Waals surface area contributed by atoms with Crippen LogP contribution in [0.15, 0.2) is 6.07 Å². The molecule has 1 heterocycles. The monoisotopic (exact) mass is 188 g/mol. The highest BCUT2D eigenvalue weighted by atomic mass is 19.3. The van der Waals surface area contributed by atoms with E-state index in [-0.39, 0.29) is 0 Å². The summed E-state index contributed by atoms with van der Waals surface area (Å²) in [6.07, 6.45) is -3.11. The molecule has 6 heteroatoms. The maximum Gasteiger partial charge on any atom is 0.284 e. The number of halogens is 3. The molecule has 68 valence electrons. The number of rotatable bonds is 1. The molecule has 1 aromatic heterocycles. The number of nitrogens with zero attached hydrogens (tertiary/aromatic N) is 2. The van der Waals surface area contributed by atoms with Crippen molar-refractivity contribution >= 4 is 0 Å². The Morgan fingerprint density at radius 2 is 2.15 bits per heavy atom. The van der Waals surface area contributed by atoms with Crippen molar-refractivity contribution in [2.24, 2.45) is 0 Å². The highest BCUT2D eigenvalue weighted by Gasteiger charge is 2.19. The standard InChI is InChI=1S/C7H3F3N2O/c8-4-1-3(2-11)6(13)5(12-4)7(9)10/h1,7,13H. The van der Waals surface area contributed by atoms with Crippen LogP contribution in [0.5, 0.6) is 5.75 Å². The van der Waals surface area contributed by atoms with Gasteiger partial charge in [0.15, 0.2) is 11.4 Å². The van der Waals surface area contributed by atoms with Crippen LogP contribution < -0.4 is 0 Å². The van der Waals surface area contributed by atoms with Crippen molar-refractivity contribution in [1.29, 1.82) is 5.26 Å². The number of pyridine rings is 1.